The number of halogens is 2. The fourth-order valence-electron chi connectivity index (χ4n) is 3.23. The summed E-state index contributed by atoms with van der Waals surface area (Å²) in [5.74, 6) is -0.173. The molecule has 0 spiro atoms. The summed E-state index contributed by atoms with van der Waals surface area (Å²) in [6.45, 7) is 23.9. The molecule has 0 bridgehead atoms. The van der Waals surface area contributed by atoms with E-state index in [1.165, 1.54) is 6.07 Å². The first-order valence-corrected chi connectivity index (χ1v) is 14.6. The number of hydrogen-bond donors (Lipinski definition) is 0. The normalized spacial score (nSPS) is 12.3. The van der Waals surface area contributed by atoms with Crippen molar-refractivity contribution in [3.05, 3.63) is 56.6 Å². The van der Waals surface area contributed by atoms with Gasteiger partial charge in [-0.25, -0.2) is 0 Å². The van der Waals surface area contributed by atoms with E-state index in [0.29, 0.717) is 35.8 Å². The van der Waals surface area contributed by atoms with E-state index in [1.807, 2.05) is 24.1 Å². The molecule has 2 aromatic rings. The summed E-state index contributed by atoms with van der Waals surface area (Å²) in [4.78, 5) is 6.47. The van der Waals surface area contributed by atoms with Gasteiger partial charge in [0.15, 0.2) is 0 Å². The van der Waals surface area contributed by atoms with Crippen molar-refractivity contribution in [2.45, 2.75) is 112 Å². The standard InChI is InChI=1S/C25H34Cl2N2O2.2C4H9O.Hf/c1-24(2,3)18-10-16(22(30)20(12-18)25(4,5)6)14-28-8-9-29(7)15-17-11-19(26)13-21(27)23(17)31;2*1-4(2,3)5;/h10-14,30-31H,8-9,15H2,1-7H3;2*1-3H3;/q;2*-1;+4/p-2. The molecular weight excluding hydrogens is 738 g/mol. The van der Waals surface area contributed by atoms with Crippen molar-refractivity contribution in [2.75, 3.05) is 20.1 Å². The van der Waals surface area contributed by atoms with Crippen molar-refractivity contribution in [1.29, 1.82) is 0 Å². The van der Waals surface area contributed by atoms with Gasteiger partial charge in [-0.1, -0.05) is 130 Å². The number of aliphatic imine (C=N–C) groups is 1. The van der Waals surface area contributed by atoms with Gasteiger partial charge in [0.1, 0.15) is 0 Å². The molecule has 2 aromatic carbocycles. The van der Waals surface area contributed by atoms with Gasteiger partial charge in [-0.3, -0.25) is 4.99 Å². The maximum Gasteiger partial charge on any atom is 4.00 e. The third-order valence-corrected chi connectivity index (χ3v) is 5.66. The summed E-state index contributed by atoms with van der Waals surface area (Å²) in [6, 6.07) is 7.08. The average molecular weight is 788 g/mol. The van der Waals surface area contributed by atoms with Crippen molar-refractivity contribution < 1.29 is 46.3 Å². The molecule has 0 saturated carbocycles. The fraction of sp³-hybridized carbons (Fsp3) is 0.606. The van der Waals surface area contributed by atoms with E-state index >= 15 is 0 Å². The molecule has 0 atom stereocenters. The summed E-state index contributed by atoms with van der Waals surface area (Å²) >= 11 is 11.9. The van der Waals surface area contributed by atoms with Crippen LogP contribution in [0.15, 0.2) is 29.3 Å². The Labute approximate surface area is 284 Å². The quantitative estimate of drug-likeness (QED) is 0.281. The number of likely N-dealkylation sites (N-methyl/N-ethyl adjacent to an activating group) is 1. The maximum atomic E-state index is 13.0. The largest absolute Gasteiger partial charge is 4.00 e. The topological polar surface area (TPSA) is 108 Å². The Morgan fingerprint density at radius 2 is 1.24 bits per heavy atom. The Morgan fingerprint density at radius 1 is 0.762 bits per heavy atom. The molecule has 0 radical (unpaired) electrons. The molecule has 0 aliphatic heterocycles. The third-order valence-electron chi connectivity index (χ3n) is 5.16. The minimum atomic E-state index is -0.750. The van der Waals surface area contributed by atoms with Crippen LogP contribution in [0.3, 0.4) is 0 Å². The van der Waals surface area contributed by atoms with E-state index < -0.39 is 11.2 Å². The second-order valence-electron chi connectivity index (χ2n) is 14.3. The number of hydrogen-bond acceptors (Lipinski definition) is 6. The van der Waals surface area contributed by atoms with Crippen molar-refractivity contribution in [3.63, 3.8) is 0 Å². The molecule has 0 aliphatic rings. The average Bonchev–Trinajstić information content (AvgIpc) is 2.71. The monoisotopic (exact) mass is 788 g/mol. The summed E-state index contributed by atoms with van der Waals surface area (Å²) in [5.41, 5.74) is 1.29. The maximum absolute atomic E-state index is 13.0. The Kier molecular flexibility index (Phi) is 18.0. The van der Waals surface area contributed by atoms with Crippen molar-refractivity contribution in [3.8, 4) is 11.5 Å². The molecule has 6 nitrogen and oxygen atoms in total. The number of benzene rings is 2. The summed E-state index contributed by atoms with van der Waals surface area (Å²) < 4.78 is 0. The minimum absolute atomic E-state index is 0. The zero-order valence-corrected chi connectivity index (χ0v) is 32.9. The van der Waals surface area contributed by atoms with Crippen LogP contribution in [0, 0.1) is 0 Å². The zero-order chi connectivity index (χ0) is 32.6. The van der Waals surface area contributed by atoms with Crippen LogP contribution >= 0.6 is 23.2 Å². The molecule has 234 valence electrons. The van der Waals surface area contributed by atoms with Crippen LogP contribution in [0.1, 0.15) is 105 Å². The van der Waals surface area contributed by atoms with Crippen LogP contribution in [0.4, 0.5) is 0 Å². The predicted molar refractivity (Wildman–Crippen MR) is 167 cm³/mol. The number of nitrogens with zero attached hydrogens (tertiary/aromatic N) is 2. The van der Waals surface area contributed by atoms with Gasteiger partial charge in [0.25, 0.3) is 0 Å². The molecule has 2 rings (SSSR count). The van der Waals surface area contributed by atoms with E-state index in [4.69, 9.17) is 23.2 Å². The van der Waals surface area contributed by atoms with Crippen molar-refractivity contribution in [2.24, 2.45) is 4.99 Å². The molecule has 0 saturated heterocycles. The predicted octanol–water partition coefficient (Wildman–Crippen LogP) is 5.57. The Morgan fingerprint density at radius 3 is 1.67 bits per heavy atom. The molecule has 42 heavy (non-hydrogen) atoms. The third kappa shape index (κ3) is 19.3. The smallest absolute Gasteiger partial charge is 0.872 e. The Bertz CT molecular complexity index is 1120. The summed E-state index contributed by atoms with van der Waals surface area (Å²) in [7, 11) is 1.90. The molecular formula is C33H50Cl2HfN2O4. The SMILES string of the molecule is CC(C)(C)[O-].CC(C)(C)[O-].CN(CCN=Cc1cc(C(C)(C)C)cc(C(C)(C)C)c1[O-])Cc1cc(Cl)cc(Cl)c1[O-].[Hf+4]. The summed E-state index contributed by atoms with van der Waals surface area (Å²) in [6.07, 6.45) is 1.68. The molecule has 0 aromatic heterocycles. The minimum Gasteiger partial charge on any atom is -0.872 e. The van der Waals surface area contributed by atoms with E-state index in [1.54, 1.807) is 53.8 Å². The van der Waals surface area contributed by atoms with Gasteiger partial charge in [-0.15, -0.1) is 11.2 Å². The molecule has 9 heteroatoms. The van der Waals surface area contributed by atoms with Crippen LogP contribution in [0.2, 0.25) is 10.0 Å². The van der Waals surface area contributed by atoms with Gasteiger partial charge in [-0.2, -0.15) is 0 Å². The van der Waals surface area contributed by atoms with E-state index in [0.717, 1.165) is 11.1 Å². The van der Waals surface area contributed by atoms with Crippen LogP contribution < -0.4 is 20.4 Å². The van der Waals surface area contributed by atoms with Gasteiger partial charge in [0, 0.05) is 29.3 Å². The summed E-state index contributed by atoms with van der Waals surface area (Å²) in [5, 5.41) is 45.9. The molecule has 0 N–H and O–H groups in total. The molecule has 0 fully saturated rings. The van der Waals surface area contributed by atoms with Gasteiger partial charge < -0.3 is 25.3 Å². The van der Waals surface area contributed by atoms with Crippen LogP contribution in [-0.2, 0) is 43.2 Å². The molecule has 0 unspecified atom stereocenters. The fourth-order valence-corrected chi connectivity index (χ4v) is 3.77. The van der Waals surface area contributed by atoms with Gasteiger partial charge >= 0.3 is 25.8 Å². The van der Waals surface area contributed by atoms with E-state index in [9.17, 15) is 20.4 Å². The van der Waals surface area contributed by atoms with Crippen LogP contribution in [0.25, 0.3) is 0 Å². The van der Waals surface area contributed by atoms with Crippen LogP contribution in [0.5, 0.6) is 11.5 Å². The van der Waals surface area contributed by atoms with Gasteiger partial charge in [-0.05, 0) is 52.3 Å². The molecule has 0 aliphatic carbocycles. The second kappa shape index (κ2) is 17.5. The Hall–Kier alpha value is -0.960. The van der Waals surface area contributed by atoms with Crippen molar-refractivity contribution in [1.82, 2.24) is 4.90 Å². The van der Waals surface area contributed by atoms with E-state index in [-0.39, 0.29) is 53.2 Å². The first-order valence-electron chi connectivity index (χ1n) is 13.8. The Balaban J connectivity index is 0. The van der Waals surface area contributed by atoms with Crippen molar-refractivity contribution >= 4 is 29.4 Å². The molecule has 0 amide bonds. The molecule has 0 heterocycles. The van der Waals surface area contributed by atoms with Gasteiger partial charge in [0.05, 0.1) is 6.54 Å². The first kappa shape index (κ1) is 43.2. The zero-order valence-electron chi connectivity index (χ0n) is 27.8. The number of rotatable bonds is 6. The van der Waals surface area contributed by atoms with Gasteiger partial charge in [0.2, 0.25) is 0 Å². The van der Waals surface area contributed by atoms with Crippen LogP contribution in [-0.4, -0.2) is 42.5 Å². The first-order chi connectivity index (χ1) is 18.2. The van der Waals surface area contributed by atoms with E-state index in [2.05, 4.69) is 46.5 Å². The second-order valence-corrected chi connectivity index (χ2v) is 15.2.